The Kier molecular flexibility index (Phi) is 6.77. The van der Waals surface area contributed by atoms with Crippen molar-refractivity contribution in [3.05, 3.63) is 47.5 Å². The number of hydrogen-bond donors (Lipinski definition) is 0. The zero-order chi connectivity index (χ0) is 23.8. The van der Waals surface area contributed by atoms with Gasteiger partial charge in [0.25, 0.3) is 0 Å². The van der Waals surface area contributed by atoms with E-state index in [1.54, 1.807) is 6.33 Å². The Hall–Kier alpha value is -2.07. The fourth-order valence-electron chi connectivity index (χ4n) is 5.17. The van der Waals surface area contributed by atoms with E-state index in [2.05, 4.69) is 9.88 Å². The van der Waals surface area contributed by atoms with Crippen molar-refractivity contribution in [2.45, 2.75) is 70.1 Å². The zero-order valence-corrected chi connectivity index (χ0v) is 19.9. The predicted octanol–water partition coefficient (Wildman–Crippen LogP) is 4.74. The maximum absolute atomic E-state index is 13.6. The first kappa shape index (κ1) is 24.1. The number of aryl methyl sites for hydroxylation is 2. The van der Waals surface area contributed by atoms with Gasteiger partial charge in [-0.25, -0.2) is 13.4 Å². The summed E-state index contributed by atoms with van der Waals surface area (Å²) in [6.07, 6.45) is 9.73. The van der Waals surface area contributed by atoms with Crippen molar-refractivity contribution in [1.82, 2.24) is 13.9 Å². The Balaban J connectivity index is 1.75. The van der Waals surface area contributed by atoms with Gasteiger partial charge in [0.2, 0.25) is 0 Å². The molecule has 0 N–H and O–H groups in total. The molecule has 1 saturated carbocycles. The maximum atomic E-state index is 13.6. The monoisotopic (exact) mass is 484 g/mol. The van der Waals surface area contributed by atoms with Crippen molar-refractivity contribution >= 4 is 15.7 Å². The number of benzene rings is 1. The molecule has 10 heteroatoms. The van der Waals surface area contributed by atoms with Gasteiger partial charge in [-0.1, -0.05) is 37.8 Å². The number of alkyl halides is 3. The van der Waals surface area contributed by atoms with E-state index in [0.717, 1.165) is 36.2 Å². The Morgan fingerprint density at radius 1 is 1.15 bits per heavy atom. The van der Waals surface area contributed by atoms with Gasteiger partial charge in [-0.05, 0) is 42.9 Å². The second-order valence-corrected chi connectivity index (χ2v) is 11.3. The second kappa shape index (κ2) is 9.29. The van der Waals surface area contributed by atoms with E-state index in [4.69, 9.17) is 0 Å². The van der Waals surface area contributed by atoms with Gasteiger partial charge in [-0.15, -0.1) is 0 Å². The number of halogens is 3. The van der Waals surface area contributed by atoms with E-state index < -0.39 is 15.5 Å². The van der Waals surface area contributed by atoms with E-state index in [1.165, 1.54) is 12.8 Å². The molecule has 0 saturated heterocycles. The van der Waals surface area contributed by atoms with Gasteiger partial charge in [0.05, 0.1) is 18.6 Å². The average molecular weight is 485 g/mol. The standard InChI is InChI=1S/C23H31F3N4O2S/c1-17-6-5-9-22-21(17)15-29(33(31,32)23(24,25)26)14-20(11-10-18-7-3-4-8-18)30(22)13-19-12-28(2)16-27-19/h5-6,9,12,16,18,20H,3-4,7-8,10-11,13-15H2,1-2H3/t20-/m0/s1. The van der Waals surface area contributed by atoms with Crippen LogP contribution in [-0.2, 0) is 30.2 Å². The molecule has 0 amide bonds. The minimum atomic E-state index is -5.46. The van der Waals surface area contributed by atoms with Crippen LogP contribution in [0, 0.1) is 12.8 Å². The SMILES string of the molecule is Cc1cccc2c1CN(S(=O)(=O)C(F)(F)F)C[C@H](CCC1CCCC1)N2Cc1cn(C)cn1. The van der Waals surface area contributed by atoms with E-state index >= 15 is 0 Å². The third-order valence-corrected chi connectivity index (χ3v) is 8.53. The molecule has 1 aromatic heterocycles. The lowest BCUT2D eigenvalue weighted by molar-refractivity contribution is -0.0492. The van der Waals surface area contributed by atoms with Crippen LogP contribution in [0.5, 0.6) is 0 Å². The number of fused-ring (bicyclic) bond motifs is 1. The molecule has 6 nitrogen and oxygen atoms in total. The first-order chi connectivity index (χ1) is 15.6. The van der Waals surface area contributed by atoms with Gasteiger partial charge in [-0.3, -0.25) is 0 Å². The van der Waals surface area contributed by atoms with Crippen molar-refractivity contribution in [3.8, 4) is 0 Å². The summed E-state index contributed by atoms with van der Waals surface area (Å²) in [6.45, 7) is 1.74. The van der Waals surface area contributed by atoms with Crippen LogP contribution in [0.3, 0.4) is 0 Å². The molecule has 1 aliphatic carbocycles. The van der Waals surface area contributed by atoms with Crippen LogP contribution in [0.1, 0.15) is 55.3 Å². The molecular weight excluding hydrogens is 453 g/mol. The summed E-state index contributed by atoms with van der Waals surface area (Å²) < 4.78 is 68.2. The molecule has 0 spiro atoms. The molecule has 1 fully saturated rings. The lowest BCUT2D eigenvalue weighted by Crippen LogP contribution is -2.47. The normalized spacial score (nSPS) is 20.8. The molecular formula is C23H31F3N4O2S. The van der Waals surface area contributed by atoms with Gasteiger partial charge in [0.15, 0.2) is 0 Å². The highest BCUT2D eigenvalue weighted by Gasteiger charge is 2.51. The minimum Gasteiger partial charge on any atom is -0.361 e. The molecule has 182 valence electrons. The van der Waals surface area contributed by atoms with Crippen molar-refractivity contribution in [3.63, 3.8) is 0 Å². The average Bonchev–Trinajstić information content (AvgIpc) is 3.37. The van der Waals surface area contributed by atoms with E-state index in [9.17, 15) is 21.6 Å². The Bertz CT molecular complexity index is 1080. The number of rotatable bonds is 6. The number of aromatic nitrogens is 2. The molecule has 1 aromatic carbocycles. The molecule has 4 rings (SSSR count). The summed E-state index contributed by atoms with van der Waals surface area (Å²) in [6, 6.07) is 5.20. The largest absolute Gasteiger partial charge is 0.511 e. The first-order valence-corrected chi connectivity index (χ1v) is 12.9. The van der Waals surface area contributed by atoms with Crippen LogP contribution in [0.15, 0.2) is 30.7 Å². The predicted molar refractivity (Wildman–Crippen MR) is 121 cm³/mol. The first-order valence-electron chi connectivity index (χ1n) is 11.4. The molecule has 2 heterocycles. The number of anilines is 1. The number of sulfonamides is 1. The Morgan fingerprint density at radius 3 is 2.52 bits per heavy atom. The molecule has 33 heavy (non-hydrogen) atoms. The molecule has 0 bridgehead atoms. The number of nitrogens with zero attached hydrogens (tertiary/aromatic N) is 4. The molecule has 0 radical (unpaired) electrons. The maximum Gasteiger partial charge on any atom is 0.511 e. The summed E-state index contributed by atoms with van der Waals surface area (Å²) in [5.74, 6) is 0.551. The fourth-order valence-corrected chi connectivity index (χ4v) is 6.13. The third-order valence-electron chi connectivity index (χ3n) is 6.99. The van der Waals surface area contributed by atoms with Gasteiger partial charge in [-0.2, -0.15) is 17.5 Å². The highest BCUT2D eigenvalue weighted by Crippen LogP contribution is 2.38. The topological polar surface area (TPSA) is 58.4 Å². The van der Waals surface area contributed by atoms with Crippen LogP contribution in [-0.4, -0.2) is 40.4 Å². The van der Waals surface area contributed by atoms with Crippen molar-refractivity contribution < 1.29 is 21.6 Å². The second-order valence-electron chi connectivity index (χ2n) is 9.36. The molecule has 2 aliphatic rings. The van der Waals surface area contributed by atoms with Crippen LogP contribution >= 0.6 is 0 Å². The highest BCUT2D eigenvalue weighted by atomic mass is 32.2. The smallest absolute Gasteiger partial charge is 0.361 e. The molecule has 0 unspecified atom stereocenters. The lowest BCUT2D eigenvalue weighted by Gasteiger charge is -2.34. The van der Waals surface area contributed by atoms with Crippen LogP contribution < -0.4 is 4.90 Å². The van der Waals surface area contributed by atoms with Gasteiger partial charge in [0.1, 0.15) is 0 Å². The summed E-state index contributed by atoms with van der Waals surface area (Å²) in [7, 11) is -3.59. The van der Waals surface area contributed by atoms with Gasteiger partial charge in [0, 0.05) is 38.1 Å². The number of imidazole rings is 1. The Morgan fingerprint density at radius 2 is 1.88 bits per heavy atom. The molecule has 2 aromatic rings. The summed E-state index contributed by atoms with van der Waals surface area (Å²) in [5, 5.41) is 0. The quantitative estimate of drug-likeness (QED) is 0.594. The summed E-state index contributed by atoms with van der Waals surface area (Å²) in [4.78, 5) is 6.50. The van der Waals surface area contributed by atoms with Crippen molar-refractivity contribution in [1.29, 1.82) is 0 Å². The zero-order valence-electron chi connectivity index (χ0n) is 19.1. The third kappa shape index (κ3) is 5.06. The Labute approximate surface area is 193 Å². The molecule has 1 aliphatic heterocycles. The minimum absolute atomic E-state index is 0.199. The van der Waals surface area contributed by atoms with E-state index in [-0.39, 0.29) is 19.1 Å². The molecule has 1 atom stereocenters. The lowest BCUT2D eigenvalue weighted by atomic mass is 9.97. The van der Waals surface area contributed by atoms with Gasteiger partial charge < -0.3 is 9.47 Å². The van der Waals surface area contributed by atoms with Crippen molar-refractivity contribution in [2.75, 3.05) is 11.4 Å². The fraction of sp³-hybridized carbons (Fsp3) is 0.609. The number of hydrogen-bond acceptors (Lipinski definition) is 4. The van der Waals surface area contributed by atoms with E-state index in [1.807, 2.05) is 42.9 Å². The van der Waals surface area contributed by atoms with Crippen LogP contribution in [0.4, 0.5) is 18.9 Å². The summed E-state index contributed by atoms with van der Waals surface area (Å²) in [5.41, 5.74) is -2.36. The summed E-state index contributed by atoms with van der Waals surface area (Å²) >= 11 is 0. The van der Waals surface area contributed by atoms with E-state index in [0.29, 0.717) is 28.8 Å². The van der Waals surface area contributed by atoms with Crippen LogP contribution in [0.2, 0.25) is 0 Å². The van der Waals surface area contributed by atoms with Crippen molar-refractivity contribution in [2.24, 2.45) is 13.0 Å². The van der Waals surface area contributed by atoms with Gasteiger partial charge >= 0.3 is 15.5 Å². The van der Waals surface area contributed by atoms with Crippen LogP contribution in [0.25, 0.3) is 0 Å². The highest BCUT2D eigenvalue weighted by molar-refractivity contribution is 7.89.